The molecule has 0 spiro atoms. The maximum atomic E-state index is 12.4. The molecule has 2 rings (SSSR count). The van der Waals surface area contributed by atoms with Gasteiger partial charge in [0.05, 0.1) is 6.54 Å². The maximum Gasteiger partial charge on any atom is 0.406 e. The second kappa shape index (κ2) is 11.8. The Kier molecular flexibility index (Phi) is 10.4. The number of hydrogen-bond donors (Lipinski definition) is 2. The Hall–Kier alpha value is -1.31. The summed E-state index contributed by atoms with van der Waals surface area (Å²) in [5.74, 6) is -0.156. The first-order valence-electron chi connectivity index (χ1n) is 9.53. The van der Waals surface area contributed by atoms with Gasteiger partial charge in [0.15, 0.2) is 5.96 Å². The monoisotopic (exact) mass is 534 g/mol. The number of likely N-dealkylation sites (N-methyl/N-ethyl adjacent to an activating group) is 1. The molecule has 0 aromatic rings. The Labute approximate surface area is 186 Å². The van der Waals surface area contributed by atoms with Crippen LogP contribution in [0.25, 0.3) is 0 Å². The Balaban J connectivity index is 0.00000420. The molecule has 2 aliphatic rings. The first-order chi connectivity index (χ1) is 13.2. The number of alkyl halides is 3. The predicted molar refractivity (Wildman–Crippen MR) is 114 cm³/mol. The van der Waals surface area contributed by atoms with Crippen molar-refractivity contribution in [3.8, 4) is 0 Å². The van der Waals surface area contributed by atoms with Gasteiger partial charge in [0.25, 0.3) is 0 Å². The molecule has 0 bridgehead atoms. The van der Waals surface area contributed by atoms with Gasteiger partial charge in [0.1, 0.15) is 13.1 Å². The minimum absolute atomic E-state index is 0. The first kappa shape index (κ1) is 25.7. The van der Waals surface area contributed by atoms with Crippen molar-refractivity contribution in [2.24, 2.45) is 4.99 Å². The van der Waals surface area contributed by atoms with Gasteiger partial charge >= 0.3 is 6.18 Å². The van der Waals surface area contributed by atoms with Crippen molar-refractivity contribution in [2.75, 3.05) is 59.4 Å². The van der Waals surface area contributed by atoms with E-state index in [1.54, 1.807) is 0 Å². The van der Waals surface area contributed by atoms with E-state index in [-0.39, 0.29) is 36.4 Å². The fourth-order valence-electron chi connectivity index (χ4n) is 2.87. The number of piperazine rings is 1. The molecule has 0 aromatic heterocycles. The molecule has 0 radical (unpaired) electrons. The molecule has 1 aliphatic carbocycles. The van der Waals surface area contributed by atoms with E-state index in [1.807, 2.05) is 11.8 Å². The van der Waals surface area contributed by atoms with Crippen LogP contribution in [0.3, 0.4) is 0 Å². The molecule has 8 nitrogen and oxygen atoms in total. The van der Waals surface area contributed by atoms with Gasteiger partial charge in [-0.2, -0.15) is 13.2 Å². The van der Waals surface area contributed by atoms with Crippen LogP contribution in [-0.4, -0.2) is 104 Å². The summed E-state index contributed by atoms with van der Waals surface area (Å²) >= 11 is 0. The van der Waals surface area contributed by atoms with E-state index in [4.69, 9.17) is 0 Å². The minimum Gasteiger partial charge on any atom is -0.357 e. The molecule has 0 aromatic carbocycles. The number of carbonyl (C=O) groups excluding carboxylic acids is 2. The average molecular weight is 534 g/mol. The Morgan fingerprint density at radius 2 is 1.79 bits per heavy atom. The van der Waals surface area contributed by atoms with E-state index in [0.29, 0.717) is 56.2 Å². The molecule has 168 valence electrons. The summed E-state index contributed by atoms with van der Waals surface area (Å²) in [4.78, 5) is 32.6. The highest BCUT2D eigenvalue weighted by molar-refractivity contribution is 14.0. The second-order valence-electron chi connectivity index (χ2n) is 7.14. The molecule has 0 atom stereocenters. The fraction of sp³-hybridized carbons (Fsp3) is 0.824. The Morgan fingerprint density at radius 3 is 2.31 bits per heavy atom. The van der Waals surface area contributed by atoms with E-state index in [1.165, 1.54) is 0 Å². The molecule has 2 N–H and O–H groups in total. The van der Waals surface area contributed by atoms with E-state index in [9.17, 15) is 22.8 Å². The quantitative estimate of drug-likeness (QED) is 0.283. The van der Waals surface area contributed by atoms with Gasteiger partial charge in [-0.3, -0.25) is 14.5 Å². The lowest BCUT2D eigenvalue weighted by Crippen LogP contribution is -2.54. The number of aliphatic imine (C=N–C) groups is 1. The number of hydrogen-bond acceptors (Lipinski definition) is 4. The zero-order chi connectivity index (χ0) is 20.7. The standard InChI is InChI=1S/C17H29F3N6O2.HI/c1-3-21-16(22-10-15(28)24(2)12-17(18,19)20)26-8-6-25(7-9-26)11-14(27)23-13-4-5-13;/h13H,3-12H2,1-2H3,(H,21,22)(H,23,27);1H. The van der Waals surface area contributed by atoms with Crippen molar-refractivity contribution in [2.45, 2.75) is 32.0 Å². The number of halogens is 4. The number of rotatable bonds is 7. The summed E-state index contributed by atoms with van der Waals surface area (Å²) in [5.41, 5.74) is 0. The van der Waals surface area contributed by atoms with Crippen molar-refractivity contribution in [3.05, 3.63) is 0 Å². The molecule has 1 saturated heterocycles. The lowest BCUT2D eigenvalue weighted by atomic mass is 10.3. The number of amides is 2. The van der Waals surface area contributed by atoms with Crippen molar-refractivity contribution in [1.29, 1.82) is 0 Å². The zero-order valence-corrected chi connectivity index (χ0v) is 19.1. The summed E-state index contributed by atoms with van der Waals surface area (Å²) in [6.07, 6.45) is -2.32. The van der Waals surface area contributed by atoms with Gasteiger partial charge in [-0.25, -0.2) is 4.99 Å². The van der Waals surface area contributed by atoms with E-state index in [0.717, 1.165) is 19.9 Å². The third kappa shape index (κ3) is 9.83. The highest BCUT2D eigenvalue weighted by atomic mass is 127. The Bertz CT molecular complexity index is 578. The van der Waals surface area contributed by atoms with Crippen molar-refractivity contribution >= 4 is 41.8 Å². The lowest BCUT2D eigenvalue weighted by Gasteiger charge is -2.36. The van der Waals surface area contributed by atoms with Crippen LogP contribution < -0.4 is 10.6 Å². The van der Waals surface area contributed by atoms with Gasteiger partial charge in [-0.1, -0.05) is 0 Å². The zero-order valence-electron chi connectivity index (χ0n) is 16.8. The smallest absolute Gasteiger partial charge is 0.357 e. The molecule has 2 fully saturated rings. The summed E-state index contributed by atoms with van der Waals surface area (Å²) in [7, 11) is 1.11. The van der Waals surface area contributed by atoms with E-state index in [2.05, 4.69) is 20.5 Å². The third-order valence-electron chi connectivity index (χ3n) is 4.52. The molecule has 1 aliphatic heterocycles. The van der Waals surface area contributed by atoms with Crippen LogP contribution in [-0.2, 0) is 9.59 Å². The number of nitrogens with zero attached hydrogens (tertiary/aromatic N) is 4. The van der Waals surface area contributed by atoms with Crippen molar-refractivity contribution in [3.63, 3.8) is 0 Å². The first-order valence-corrected chi connectivity index (χ1v) is 9.53. The molecule has 12 heteroatoms. The Morgan fingerprint density at radius 1 is 1.17 bits per heavy atom. The molecule has 1 saturated carbocycles. The van der Waals surface area contributed by atoms with Gasteiger partial charge < -0.3 is 20.4 Å². The highest BCUT2D eigenvalue weighted by Gasteiger charge is 2.31. The average Bonchev–Trinajstić information content (AvgIpc) is 3.41. The van der Waals surface area contributed by atoms with Crippen LogP contribution in [0.5, 0.6) is 0 Å². The molecular weight excluding hydrogens is 504 g/mol. The van der Waals surface area contributed by atoms with Gasteiger partial charge in [-0.05, 0) is 19.8 Å². The van der Waals surface area contributed by atoms with Gasteiger partial charge in [0.2, 0.25) is 11.8 Å². The van der Waals surface area contributed by atoms with Crippen molar-refractivity contribution in [1.82, 2.24) is 25.3 Å². The van der Waals surface area contributed by atoms with E-state index < -0.39 is 18.6 Å². The largest absolute Gasteiger partial charge is 0.406 e. The molecule has 1 heterocycles. The van der Waals surface area contributed by atoms with Crippen LogP contribution in [0.15, 0.2) is 4.99 Å². The SMILES string of the molecule is CCNC(=NCC(=O)N(C)CC(F)(F)F)N1CCN(CC(=O)NC2CC2)CC1.I. The second-order valence-corrected chi connectivity index (χ2v) is 7.14. The predicted octanol–water partition coefficient (Wildman–Crippen LogP) is 0.487. The van der Waals surface area contributed by atoms with E-state index >= 15 is 0 Å². The van der Waals surface area contributed by atoms with Crippen LogP contribution in [0.1, 0.15) is 19.8 Å². The summed E-state index contributed by atoms with van der Waals surface area (Å²) < 4.78 is 37.2. The molecule has 29 heavy (non-hydrogen) atoms. The van der Waals surface area contributed by atoms with Gasteiger partial charge in [0, 0.05) is 45.8 Å². The normalized spacial score (nSPS) is 18.1. The van der Waals surface area contributed by atoms with Crippen molar-refractivity contribution < 1.29 is 22.8 Å². The van der Waals surface area contributed by atoms with Crippen LogP contribution in [0, 0.1) is 0 Å². The van der Waals surface area contributed by atoms with Gasteiger partial charge in [-0.15, -0.1) is 24.0 Å². The summed E-state index contributed by atoms with van der Waals surface area (Å²) in [6.45, 7) is 3.76. The summed E-state index contributed by atoms with van der Waals surface area (Å²) in [5, 5.41) is 6.03. The fourth-order valence-corrected chi connectivity index (χ4v) is 2.87. The highest BCUT2D eigenvalue weighted by Crippen LogP contribution is 2.18. The molecular formula is C17H30F3IN6O2. The summed E-state index contributed by atoms with van der Waals surface area (Å²) in [6, 6.07) is 0.342. The van der Waals surface area contributed by atoms with Crippen LogP contribution >= 0.6 is 24.0 Å². The maximum absolute atomic E-state index is 12.4. The lowest BCUT2D eigenvalue weighted by molar-refractivity contribution is -0.157. The number of guanidine groups is 1. The molecule has 2 amide bonds. The number of nitrogens with one attached hydrogen (secondary N) is 2. The number of carbonyl (C=O) groups is 2. The topological polar surface area (TPSA) is 80.3 Å². The van der Waals surface area contributed by atoms with Crippen LogP contribution in [0.2, 0.25) is 0 Å². The minimum atomic E-state index is -4.43. The molecule has 0 unspecified atom stereocenters. The van der Waals surface area contributed by atoms with Crippen LogP contribution in [0.4, 0.5) is 13.2 Å². The third-order valence-corrected chi connectivity index (χ3v) is 4.52.